The molecule has 0 atom stereocenters. The van der Waals surface area contributed by atoms with E-state index in [9.17, 15) is 4.79 Å². The number of aryl methyl sites for hydroxylation is 1. The van der Waals surface area contributed by atoms with Crippen LogP contribution in [-0.2, 0) is 7.05 Å². The van der Waals surface area contributed by atoms with Crippen molar-refractivity contribution in [2.45, 2.75) is 20.3 Å². The van der Waals surface area contributed by atoms with Gasteiger partial charge in [-0.1, -0.05) is 13.8 Å². The predicted molar refractivity (Wildman–Crippen MR) is 67.6 cm³/mol. The Labute approximate surface area is 105 Å². The summed E-state index contributed by atoms with van der Waals surface area (Å²) in [6.45, 7) is 6.98. The Bertz CT molecular complexity index is 339. The standard InChI is InChI=1S/C11H18BrN3O/c1-4-15(5-2)7-6-10(16)11-9(12)8-13-14(11)3/h8H,4-7H2,1-3H3. The van der Waals surface area contributed by atoms with E-state index < -0.39 is 0 Å². The van der Waals surface area contributed by atoms with Gasteiger partial charge in [-0.05, 0) is 29.0 Å². The zero-order valence-corrected chi connectivity index (χ0v) is 11.6. The summed E-state index contributed by atoms with van der Waals surface area (Å²) in [5.74, 6) is 0.138. The Morgan fingerprint density at radius 3 is 2.56 bits per heavy atom. The fraction of sp³-hybridized carbons (Fsp3) is 0.636. The van der Waals surface area contributed by atoms with Crippen molar-refractivity contribution in [3.05, 3.63) is 16.4 Å². The normalized spacial score (nSPS) is 11.1. The van der Waals surface area contributed by atoms with Gasteiger partial charge in [-0.25, -0.2) is 0 Å². The molecule has 0 saturated heterocycles. The largest absolute Gasteiger partial charge is 0.303 e. The fourth-order valence-corrected chi connectivity index (χ4v) is 2.21. The van der Waals surface area contributed by atoms with Gasteiger partial charge in [0.15, 0.2) is 5.78 Å². The van der Waals surface area contributed by atoms with Crippen LogP contribution in [0.3, 0.4) is 0 Å². The van der Waals surface area contributed by atoms with Crippen LogP contribution in [0.1, 0.15) is 30.8 Å². The van der Waals surface area contributed by atoms with Crippen LogP contribution in [0, 0.1) is 0 Å². The summed E-state index contributed by atoms with van der Waals surface area (Å²) >= 11 is 3.34. The molecule has 90 valence electrons. The zero-order valence-electron chi connectivity index (χ0n) is 10.0. The number of rotatable bonds is 6. The molecular formula is C11H18BrN3O. The number of aromatic nitrogens is 2. The molecule has 0 bridgehead atoms. The second-order valence-electron chi connectivity index (χ2n) is 3.66. The summed E-state index contributed by atoms with van der Waals surface area (Å²) in [4.78, 5) is 14.2. The molecule has 0 saturated carbocycles. The molecule has 0 aromatic carbocycles. The first kappa shape index (κ1) is 13.4. The first-order valence-electron chi connectivity index (χ1n) is 5.53. The van der Waals surface area contributed by atoms with Crippen LogP contribution in [0.5, 0.6) is 0 Å². The second-order valence-corrected chi connectivity index (χ2v) is 4.52. The third-order valence-corrected chi connectivity index (χ3v) is 3.29. The number of carbonyl (C=O) groups excluding carboxylic acids is 1. The Morgan fingerprint density at radius 1 is 1.50 bits per heavy atom. The summed E-state index contributed by atoms with van der Waals surface area (Å²) in [6.07, 6.45) is 2.20. The van der Waals surface area contributed by atoms with E-state index in [1.807, 2.05) is 0 Å². The predicted octanol–water partition coefficient (Wildman–Crippen LogP) is 2.10. The number of carbonyl (C=O) groups is 1. The summed E-state index contributed by atoms with van der Waals surface area (Å²) in [7, 11) is 1.79. The molecule has 5 heteroatoms. The molecule has 1 aromatic heterocycles. The van der Waals surface area contributed by atoms with E-state index >= 15 is 0 Å². The highest BCUT2D eigenvalue weighted by Gasteiger charge is 2.15. The maximum atomic E-state index is 12.0. The quantitative estimate of drug-likeness (QED) is 0.752. The minimum absolute atomic E-state index is 0.138. The zero-order chi connectivity index (χ0) is 12.1. The highest BCUT2D eigenvalue weighted by Crippen LogP contribution is 2.16. The van der Waals surface area contributed by atoms with Crippen molar-refractivity contribution >= 4 is 21.7 Å². The number of halogens is 1. The Morgan fingerprint density at radius 2 is 2.12 bits per heavy atom. The van der Waals surface area contributed by atoms with Crippen molar-refractivity contribution in [2.75, 3.05) is 19.6 Å². The minimum atomic E-state index is 0.138. The molecule has 0 unspecified atom stereocenters. The molecule has 1 aromatic rings. The van der Waals surface area contributed by atoms with Crippen LogP contribution in [0.2, 0.25) is 0 Å². The van der Waals surface area contributed by atoms with Gasteiger partial charge >= 0.3 is 0 Å². The van der Waals surface area contributed by atoms with E-state index in [0.29, 0.717) is 12.1 Å². The van der Waals surface area contributed by atoms with Gasteiger partial charge in [-0.3, -0.25) is 9.48 Å². The van der Waals surface area contributed by atoms with Gasteiger partial charge in [-0.15, -0.1) is 0 Å². The topological polar surface area (TPSA) is 38.1 Å². The van der Waals surface area contributed by atoms with Crippen LogP contribution in [-0.4, -0.2) is 40.1 Å². The van der Waals surface area contributed by atoms with E-state index in [1.54, 1.807) is 17.9 Å². The van der Waals surface area contributed by atoms with Crippen LogP contribution >= 0.6 is 15.9 Å². The molecule has 0 spiro atoms. The Balaban J connectivity index is 2.59. The third kappa shape index (κ3) is 3.15. The third-order valence-electron chi connectivity index (χ3n) is 2.71. The molecule has 0 N–H and O–H groups in total. The molecular weight excluding hydrogens is 270 g/mol. The lowest BCUT2D eigenvalue weighted by Gasteiger charge is -2.17. The lowest BCUT2D eigenvalue weighted by atomic mass is 10.2. The molecule has 1 heterocycles. The van der Waals surface area contributed by atoms with Crippen LogP contribution < -0.4 is 0 Å². The molecule has 0 radical (unpaired) electrons. The summed E-state index contributed by atoms with van der Waals surface area (Å²) in [6, 6.07) is 0. The van der Waals surface area contributed by atoms with E-state index in [1.165, 1.54) is 0 Å². The second kappa shape index (κ2) is 6.15. The molecule has 0 aliphatic carbocycles. The lowest BCUT2D eigenvalue weighted by molar-refractivity contribution is 0.0956. The van der Waals surface area contributed by atoms with Gasteiger partial charge in [-0.2, -0.15) is 5.10 Å². The Hall–Kier alpha value is -0.680. The van der Waals surface area contributed by atoms with Crippen LogP contribution in [0.4, 0.5) is 0 Å². The molecule has 0 aliphatic heterocycles. The van der Waals surface area contributed by atoms with E-state index in [-0.39, 0.29) is 5.78 Å². The van der Waals surface area contributed by atoms with Crippen molar-refractivity contribution in [1.29, 1.82) is 0 Å². The van der Waals surface area contributed by atoms with Gasteiger partial charge in [0.05, 0.1) is 10.7 Å². The first-order chi connectivity index (χ1) is 7.60. The maximum absolute atomic E-state index is 12.0. The minimum Gasteiger partial charge on any atom is -0.303 e. The molecule has 1 rings (SSSR count). The highest BCUT2D eigenvalue weighted by atomic mass is 79.9. The molecule has 0 fully saturated rings. The van der Waals surface area contributed by atoms with E-state index in [0.717, 1.165) is 24.1 Å². The van der Waals surface area contributed by atoms with Crippen molar-refractivity contribution in [1.82, 2.24) is 14.7 Å². The van der Waals surface area contributed by atoms with Crippen molar-refractivity contribution < 1.29 is 4.79 Å². The molecule has 0 amide bonds. The SMILES string of the molecule is CCN(CC)CCC(=O)c1c(Br)cnn1C. The van der Waals surface area contributed by atoms with Gasteiger partial charge in [0.2, 0.25) is 0 Å². The van der Waals surface area contributed by atoms with Gasteiger partial charge in [0, 0.05) is 20.0 Å². The molecule has 0 aliphatic rings. The fourth-order valence-electron chi connectivity index (χ4n) is 1.64. The number of nitrogens with zero attached hydrogens (tertiary/aromatic N) is 3. The van der Waals surface area contributed by atoms with Gasteiger partial charge in [0.25, 0.3) is 0 Å². The monoisotopic (exact) mass is 287 g/mol. The first-order valence-corrected chi connectivity index (χ1v) is 6.32. The number of hydrogen-bond acceptors (Lipinski definition) is 3. The smallest absolute Gasteiger partial charge is 0.183 e. The van der Waals surface area contributed by atoms with Crippen molar-refractivity contribution in [3.63, 3.8) is 0 Å². The lowest BCUT2D eigenvalue weighted by Crippen LogP contribution is -2.26. The number of ketones is 1. The maximum Gasteiger partial charge on any atom is 0.183 e. The average Bonchev–Trinajstić information content (AvgIpc) is 2.60. The van der Waals surface area contributed by atoms with E-state index in [2.05, 4.69) is 39.8 Å². The van der Waals surface area contributed by atoms with Crippen LogP contribution in [0.25, 0.3) is 0 Å². The highest BCUT2D eigenvalue weighted by molar-refractivity contribution is 9.10. The summed E-state index contributed by atoms with van der Waals surface area (Å²) in [5, 5.41) is 4.04. The molecule has 4 nitrogen and oxygen atoms in total. The van der Waals surface area contributed by atoms with Crippen molar-refractivity contribution in [3.8, 4) is 0 Å². The number of Topliss-reactive ketones (excluding diaryl/α,β-unsaturated/α-hetero) is 1. The summed E-state index contributed by atoms with van der Waals surface area (Å²) in [5.41, 5.74) is 0.659. The van der Waals surface area contributed by atoms with Crippen LogP contribution in [0.15, 0.2) is 10.7 Å². The average molecular weight is 288 g/mol. The number of hydrogen-bond donors (Lipinski definition) is 0. The van der Waals surface area contributed by atoms with Gasteiger partial charge in [0.1, 0.15) is 5.69 Å². The summed E-state index contributed by atoms with van der Waals surface area (Å²) < 4.78 is 2.40. The van der Waals surface area contributed by atoms with Gasteiger partial charge < -0.3 is 4.90 Å². The Kier molecular flexibility index (Phi) is 5.15. The molecule has 16 heavy (non-hydrogen) atoms. The van der Waals surface area contributed by atoms with E-state index in [4.69, 9.17) is 0 Å². The van der Waals surface area contributed by atoms with Crippen molar-refractivity contribution in [2.24, 2.45) is 7.05 Å².